The van der Waals surface area contributed by atoms with E-state index in [0.29, 0.717) is 0 Å². The van der Waals surface area contributed by atoms with Crippen molar-refractivity contribution in [1.29, 1.82) is 0 Å². The lowest BCUT2D eigenvalue weighted by Crippen LogP contribution is -1.96. The van der Waals surface area contributed by atoms with E-state index in [4.69, 9.17) is 0 Å². The van der Waals surface area contributed by atoms with Gasteiger partial charge in [0.2, 0.25) is 0 Å². The van der Waals surface area contributed by atoms with Crippen LogP contribution in [0.4, 0.5) is 0 Å². The Balaban J connectivity index is 2.06. The molecule has 0 aliphatic carbocycles. The summed E-state index contributed by atoms with van der Waals surface area (Å²) in [5, 5.41) is 0. The van der Waals surface area contributed by atoms with Crippen LogP contribution in [0.5, 0.6) is 0 Å². The van der Waals surface area contributed by atoms with E-state index in [2.05, 4.69) is 36.4 Å². The Bertz CT molecular complexity index is 845. The third kappa shape index (κ3) is 3.46. The summed E-state index contributed by atoms with van der Waals surface area (Å²) in [4.78, 5) is 11.9. The molecule has 0 heterocycles. The molecule has 0 bridgehead atoms. The minimum Gasteiger partial charge on any atom is -0.294 e. The van der Waals surface area contributed by atoms with Gasteiger partial charge in [-0.3, -0.25) is 4.79 Å². The molecule has 23 heavy (non-hydrogen) atoms. The summed E-state index contributed by atoms with van der Waals surface area (Å²) >= 11 is 0. The Morgan fingerprint density at radius 1 is 0.696 bits per heavy atom. The first kappa shape index (κ1) is 15.0. The van der Waals surface area contributed by atoms with E-state index in [1.54, 1.807) is 6.92 Å². The quantitative estimate of drug-likeness (QED) is 0.444. The molecular formula is C22H18O. The Kier molecular flexibility index (Phi) is 4.49. The molecule has 0 atom stereocenters. The fraction of sp³-hybridized carbons (Fsp3) is 0.0455. The fourth-order valence-electron chi connectivity index (χ4n) is 2.66. The molecule has 0 aromatic heterocycles. The van der Waals surface area contributed by atoms with Crippen LogP contribution in [0.2, 0.25) is 0 Å². The molecule has 0 spiro atoms. The summed E-state index contributed by atoms with van der Waals surface area (Å²) in [5.74, 6) is 0.0856. The minimum atomic E-state index is 0.0856. The fourth-order valence-corrected chi connectivity index (χ4v) is 2.66. The molecule has 0 saturated heterocycles. The monoisotopic (exact) mass is 298 g/mol. The van der Waals surface area contributed by atoms with Crippen LogP contribution >= 0.6 is 0 Å². The highest BCUT2D eigenvalue weighted by atomic mass is 16.1. The SMILES string of the molecule is CC(=O)c1ccccc1-c1ccccc1/C=C\c1ccccc1. The zero-order valence-electron chi connectivity index (χ0n) is 13.1. The van der Waals surface area contributed by atoms with Crippen LogP contribution in [0.15, 0.2) is 78.9 Å². The summed E-state index contributed by atoms with van der Waals surface area (Å²) in [5.41, 5.74) is 5.07. The van der Waals surface area contributed by atoms with Crippen LogP contribution in [0.3, 0.4) is 0 Å². The molecule has 0 aliphatic rings. The van der Waals surface area contributed by atoms with E-state index < -0.39 is 0 Å². The van der Waals surface area contributed by atoms with E-state index in [-0.39, 0.29) is 5.78 Å². The average molecular weight is 298 g/mol. The summed E-state index contributed by atoms with van der Waals surface area (Å²) in [7, 11) is 0. The van der Waals surface area contributed by atoms with Crippen molar-refractivity contribution in [3.8, 4) is 11.1 Å². The summed E-state index contributed by atoms with van der Waals surface area (Å²) in [6, 6.07) is 26.1. The normalized spacial score (nSPS) is 10.8. The van der Waals surface area contributed by atoms with Crippen LogP contribution < -0.4 is 0 Å². The van der Waals surface area contributed by atoms with Gasteiger partial charge < -0.3 is 0 Å². The molecule has 112 valence electrons. The van der Waals surface area contributed by atoms with Gasteiger partial charge in [-0.25, -0.2) is 0 Å². The van der Waals surface area contributed by atoms with Gasteiger partial charge in [0.05, 0.1) is 0 Å². The zero-order chi connectivity index (χ0) is 16.1. The molecule has 3 rings (SSSR count). The molecule has 0 radical (unpaired) electrons. The molecule has 3 aromatic carbocycles. The van der Waals surface area contributed by atoms with Crippen molar-refractivity contribution in [3.05, 3.63) is 95.6 Å². The first-order chi connectivity index (χ1) is 11.3. The summed E-state index contributed by atoms with van der Waals surface area (Å²) < 4.78 is 0. The second kappa shape index (κ2) is 6.89. The van der Waals surface area contributed by atoms with Crippen LogP contribution in [-0.4, -0.2) is 5.78 Å². The first-order valence-electron chi connectivity index (χ1n) is 7.68. The zero-order valence-corrected chi connectivity index (χ0v) is 13.1. The lowest BCUT2D eigenvalue weighted by molar-refractivity contribution is 0.101. The van der Waals surface area contributed by atoms with E-state index >= 15 is 0 Å². The van der Waals surface area contributed by atoms with Crippen LogP contribution in [0.25, 0.3) is 23.3 Å². The maximum absolute atomic E-state index is 11.9. The molecule has 0 unspecified atom stereocenters. The lowest BCUT2D eigenvalue weighted by atomic mass is 9.93. The molecule has 1 heteroatoms. The topological polar surface area (TPSA) is 17.1 Å². The molecule has 0 aliphatic heterocycles. The third-order valence-electron chi connectivity index (χ3n) is 3.81. The minimum absolute atomic E-state index is 0.0856. The number of ketones is 1. The number of hydrogen-bond acceptors (Lipinski definition) is 1. The second-order valence-corrected chi connectivity index (χ2v) is 5.43. The van der Waals surface area contributed by atoms with Gasteiger partial charge >= 0.3 is 0 Å². The number of rotatable bonds is 4. The lowest BCUT2D eigenvalue weighted by Gasteiger charge is -2.10. The van der Waals surface area contributed by atoms with Crippen molar-refractivity contribution in [2.45, 2.75) is 6.92 Å². The third-order valence-corrected chi connectivity index (χ3v) is 3.81. The van der Waals surface area contributed by atoms with Gasteiger partial charge in [-0.15, -0.1) is 0 Å². The Morgan fingerprint density at radius 2 is 1.30 bits per heavy atom. The molecule has 1 nitrogen and oxygen atoms in total. The van der Waals surface area contributed by atoms with E-state index in [0.717, 1.165) is 27.8 Å². The van der Waals surface area contributed by atoms with Crippen LogP contribution in [-0.2, 0) is 0 Å². The predicted octanol–water partition coefficient (Wildman–Crippen LogP) is 5.73. The Labute approximate surface area is 136 Å². The molecule has 0 amide bonds. The van der Waals surface area contributed by atoms with Crippen LogP contribution in [0, 0.1) is 0 Å². The number of hydrogen-bond donors (Lipinski definition) is 0. The van der Waals surface area contributed by atoms with Crippen molar-refractivity contribution in [1.82, 2.24) is 0 Å². The molecular weight excluding hydrogens is 280 g/mol. The van der Waals surface area contributed by atoms with Gasteiger partial charge in [-0.05, 0) is 29.2 Å². The Hall–Kier alpha value is -2.93. The van der Waals surface area contributed by atoms with Crippen molar-refractivity contribution < 1.29 is 4.79 Å². The highest BCUT2D eigenvalue weighted by Crippen LogP contribution is 2.28. The van der Waals surface area contributed by atoms with E-state index in [9.17, 15) is 4.79 Å². The van der Waals surface area contributed by atoms with Crippen molar-refractivity contribution in [3.63, 3.8) is 0 Å². The predicted molar refractivity (Wildman–Crippen MR) is 97.3 cm³/mol. The van der Waals surface area contributed by atoms with Gasteiger partial charge in [0.25, 0.3) is 0 Å². The molecule has 0 saturated carbocycles. The number of benzene rings is 3. The molecule has 0 N–H and O–H groups in total. The average Bonchev–Trinajstić information content (AvgIpc) is 2.61. The van der Waals surface area contributed by atoms with Gasteiger partial charge in [0, 0.05) is 5.56 Å². The molecule has 3 aromatic rings. The Morgan fingerprint density at radius 3 is 2.04 bits per heavy atom. The van der Waals surface area contributed by atoms with Crippen molar-refractivity contribution >= 4 is 17.9 Å². The molecule has 0 fully saturated rings. The summed E-state index contributed by atoms with van der Waals surface area (Å²) in [6.07, 6.45) is 4.19. The van der Waals surface area contributed by atoms with Crippen molar-refractivity contribution in [2.75, 3.05) is 0 Å². The number of carbonyl (C=O) groups is 1. The van der Waals surface area contributed by atoms with Gasteiger partial charge in [-0.2, -0.15) is 0 Å². The standard InChI is InChI=1S/C22H18O/c1-17(23)20-12-7-8-14-22(20)21-13-6-5-11-19(21)16-15-18-9-3-2-4-10-18/h2-16H,1H3/b16-15-. The number of carbonyl (C=O) groups excluding carboxylic acids is 1. The van der Waals surface area contributed by atoms with Gasteiger partial charge in [0.1, 0.15) is 0 Å². The largest absolute Gasteiger partial charge is 0.294 e. The van der Waals surface area contributed by atoms with E-state index in [1.807, 2.05) is 54.6 Å². The number of Topliss-reactive ketones (excluding diaryl/α,β-unsaturated/α-hetero) is 1. The maximum Gasteiger partial charge on any atom is 0.160 e. The van der Waals surface area contributed by atoms with Crippen LogP contribution in [0.1, 0.15) is 28.4 Å². The summed E-state index contributed by atoms with van der Waals surface area (Å²) in [6.45, 7) is 1.61. The maximum atomic E-state index is 11.9. The van der Waals surface area contributed by atoms with Gasteiger partial charge in [-0.1, -0.05) is 91.0 Å². The van der Waals surface area contributed by atoms with Crippen molar-refractivity contribution in [2.24, 2.45) is 0 Å². The second-order valence-electron chi connectivity index (χ2n) is 5.43. The van der Waals surface area contributed by atoms with Gasteiger partial charge in [0.15, 0.2) is 5.78 Å². The smallest absolute Gasteiger partial charge is 0.160 e. The van der Waals surface area contributed by atoms with E-state index in [1.165, 1.54) is 0 Å². The first-order valence-corrected chi connectivity index (χ1v) is 7.68. The highest BCUT2D eigenvalue weighted by Gasteiger charge is 2.10. The highest BCUT2D eigenvalue weighted by molar-refractivity contribution is 6.01.